The zero-order chi connectivity index (χ0) is 10.8. The number of methoxy groups -OCH3 is 2. The third-order valence-corrected chi connectivity index (χ3v) is 2.20. The van der Waals surface area contributed by atoms with Crippen LogP contribution in [0.3, 0.4) is 0 Å². The summed E-state index contributed by atoms with van der Waals surface area (Å²) >= 11 is 5.74. The van der Waals surface area contributed by atoms with Gasteiger partial charge in [-0.25, -0.2) is 4.98 Å². The van der Waals surface area contributed by atoms with Gasteiger partial charge in [0.15, 0.2) is 0 Å². The third kappa shape index (κ3) is 1.80. The van der Waals surface area contributed by atoms with E-state index < -0.39 is 0 Å². The number of halogens is 1. The van der Waals surface area contributed by atoms with E-state index in [1.54, 1.807) is 7.11 Å². The van der Waals surface area contributed by atoms with Crippen molar-refractivity contribution in [2.75, 3.05) is 14.2 Å². The summed E-state index contributed by atoms with van der Waals surface area (Å²) in [5.41, 5.74) is 0.729. The molecule has 0 amide bonds. The van der Waals surface area contributed by atoms with E-state index >= 15 is 0 Å². The van der Waals surface area contributed by atoms with Gasteiger partial charge in [0.1, 0.15) is 5.75 Å². The Balaban J connectivity index is 2.73. The lowest BCUT2D eigenvalue weighted by Gasteiger charge is -2.06. The second-order valence-electron chi connectivity index (χ2n) is 2.88. The van der Waals surface area contributed by atoms with Crippen molar-refractivity contribution in [3.05, 3.63) is 23.5 Å². The van der Waals surface area contributed by atoms with Gasteiger partial charge in [0.05, 0.1) is 25.1 Å². The number of nitrogens with zero attached hydrogens (tertiary/aromatic N) is 2. The lowest BCUT2D eigenvalue weighted by molar-refractivity contribution is 0.401. The maximum atomic E-state index is 5.74. The number of rotatable bonds is 2. The molecule has 0 atom stereocenters. The van der Waals surface area contributed by atoms with E-state index in [0.717, 1.165) is 16.7 Å². The van der Waals surface area contributed by atoms with Crippen LogP contribution in [0.4, 0.5) is 0 Å². The Morgan fingerprint density at radius 1 is 1.13 bits per heavy atom. The Morgan fingerprint density at radius 3 is 2.60 bits per heavy atom. The molecule has 78 valence electrons. The van der Waals surface area contributed by atoms with E-state index in [0.29, 0.717) is 5.88 Å². The minimum atomic E-state index is 0.171. The predicted octanol–water partition coefficient (Wildman–Crippen LogP) is 2.30. The van der Waals surface area contributed by atoms with Gasteiger partial charge in [-0.15, -0.1) is 0 Å². The molecular formula is C10H9ClN2O2. The number of hydrogen-bond acceptors (Lipinski definition) is 4. The Bertz CT molecular complexity index is 502. The SMILES string of the molecule is COc1ccc2nc(Cl)nc(OC)c2c1. The molecule has 2 aromatic rings. The van der Waals surface area contributed by atoms with Crippen molar-refractivity contribution in [3.8, 4) is 11.6 Å². The van der Waals surface area contributed by atoms with Crippen LogP contribution in [0, 0.1) is 0 Å². The van der Waals surface area contributed by atoms with Crippen molar-refractivity contribution in [2.45, 2.75) is 0 Å². The van der Waals surface area contributed by atoms with Crippen LogP contribution < -0.4 is 9.47 Å². The minimum absolute atomic E-state index is 0.171. The summed E-state index contributed by atoms with van der Waals surface area (Å²) in [7, 11) is 3.14. The Morgan fingerprint density at radius 2 is 1.93 bits per heavy atom. The molecule has 0 saturated heterocycles. The molecule has 0 aliphatic rings. The molecule has 1 aromatic carbocycles. The zero-order valence-corrected chi connectivity index (χ0v) is 9.08. The quantitative estimate of drug-likeness (QED) is 0.735. The van der Waals surface area contributed by atoms with Crippen molar-refractivity contribution in [1.29, 1.82) is 0 Å². The number of benzene rings is 1. The molecule has 1 aromatic heterocycles. The molecule has 0 N–H and O–H groups in total. The Kier molecular flexibility index (Phi) is 2.60. The molecule has 0 saturated carbocycles. The van der Waals surface area contributed by atoms with Crippen LogP contribution in [0.1, 0.15) is 0 Å². The lowest BCUT2D eigenvalue weighted by atomic mass is 10.2. The largest absolute Gasteiger partial charge is 0.497 e. The van der Waals surface area contributed by atoms with Crippen molar-refractivity contribution < 1.29 is 9.47 Å². The summed E-state index contributed by atoms with van der Waals surface area (Å²) < 4.78 is 10.2. The van der Waals surface area contributed by atoms with Crippen LogP contribution in [0.25, 0.3) is 10.9 Å². The zero-order valence-electron chi connectivity index (χ0n) is 8.32. The number of fused-ring (bicyclic) bond motifs is 1. The average molecular weight is 225 g/mol. The number of hydrogen-bond donors (Lipinski definition) is 0. The fourth-order valence-electron chi connectivity index (χ4n) is 1.33. The smallest absolute Gasteiger partial charge is 0.226 e. The van der Waals surface area contributed by atoms with Crippen LogP contribution in [-0.4, -0.2) is 24.2 Å². The van der Waals surface area contributed by atoms with Crippen molar-refractivity contribution in [3.63, 3.8) is 0 Å². The molecule has 0 spiro atoms. The highest BCUT2D eigenvalue weighted by molar-refractivity contribution is 6.28. The van der Waals surface area contributed by atoms with Gasteiger partial charge in [0.2, 0.25) is 11.2 Å². The molecule has 0 fully saturated rings. The van der Waals surface area contributed by atoms with Gasteiger partial charge in [-0.1, -0.05) is 0 Å². The van der Waals surface area contributed by atoms with Gasteiger partial charge in [-0.05, 0) is 29.8 Å². The maximum Gasteiger partial charge on any atom is 0.226 e. The van der Waals surface area contributed by atoms with Crippen LogP contribution >= 0.6 is 11.6 Å². The van der Waals surface area contributed by atoms with Crippen molar-refractivity contribution in [1.82, 2.24) is 9.97 Å². The van der Waals surface area contributed by atoms with Crippen LogP contribution in [0.5, 0.6) is 11.6 Å². The highest BCUT2D eigenvalue weighted by Crippen LogP contribution is 2.27. The van der Waals surface area contributed by atoms with Gasteiger partial charge in [-0.2, -0.15) is 4.98 Å². The molecule has 15 heavy (non-hydrogen) atoms. The van der Waals surface area contributed by atoms with E-state index in [4.69, 9.17) is 21.1 Å². The first-order valence-electron chi connectivity index (χ1n) is 4.30. The van der Waals surface area contributed by atoms with Crippen LogP contribution in [-0.2, 0) is 0 Å². The second kappa shape index (κ2) is 3.90. The van der Waals surface area contributed by atoms with Crippen LogP contribution in [0.2, 0.25) is 5.28 Å². The molecule has 0 aliphatic carbocycles. The molecule has 2 rings (SSSR count). The Labute approximate surface area is 91.8 Å². The fraction of sp³-hybridized carbons (Fsp3) is 0.200. The standard InChI is InChI=1S/C10H9ClN2O2/c1-14-6-3-4-8-7(5-6)9(15-2)13-10(11)12-8/h3-5H,1-2H3. The lowest BCUT2D eigenvalue weighted by Crippen LogP contribution is -1.93. The van der Waals surface area contributed by atoms with E-state index in [1.807, 2.05) is 18.2 Å². The summed E-state index contributed by atoms with van der Waals surface area (Å²) in [4.78, 5) is 8.05. The first-order chi connectivity index (χ1) is 7.24. The molecule has 0 unspecified atom stereocenters. The highest BCUT2D eigenvalue weighted by atomic mass is 35.5. The maximum absolute atomic E-state index is 5.74. The van der Waals surface area contributed by atoms with E-state index in [-0.39, 0.29) is 5.28 Å². The van der Waals surface area contributed by atoms with E-state index in [9.17, 15) is 0 Å². The molecular weight excluding hydrogens is 216 g/mol. The molecule has 1 heterocycles. The monoisotopic (exact) mass is 224 g/mol. The first-order valence-corrected chi connectivity index (χ1v) is 4.67. The van der Waals surface area contributed by atoms with Crippen molar-refractivity contribution >= 4 is 22.5 Å². The normalized spacial score (nSPS) is 10.3. The third-order valence-electron chi connectivity index (χ3n) is 2.03. The summed E-state index contributed by atoms with van der Waals surface area (Å²) in [6.45, 7) is 0. The van der Waals surface area contributed by atoms with Gasteiger partial charge < -0.3 is 9.47 Å². The average Bonchev–Trinajstić information content (AvgIpc) is 2.27. The predicted molar refractivity (Wildman–Crippen MR) is 57.7 cm³/mol. The summed E-state index contributed by atoms with van der Waals surface area (Å²) in [6, 6.07) is 5.43. The summed E-state index contributed by atoms with van der Waals surface area (Å²) in [6.07, 6.45) is 0. The minimum Gasteiger partial charge on any atom is -0.497 e. The van der Waals surface area contributed by atoms with Gasteiger partial charge >= 0.3 is 0 Å². The molecule has 0 aliphatic heterocycles. The topological polar surface area (TPSA) is 44.2 Å². The molecule has 4 nitrogen and oxygen atoms in total. The highest BCUT2D eigenvalue weighted by Gasteiger charge is 2.07. The molecule has 0 radical (unpaired) electrons. The van der Waals surface area contributed by atoms with Crippen molar-refractivity contribution in [2.24, 2.45) is 0 Å². The summed E-state index contributed by atoms with van der Waals surface area (Å²) in [5, 5.41) is 0.950. The first kappa shape index (κ1) is 9.98. The van der Waals surface area contributed by atoms with Gasteiger partial charge in [-0.3, -0.25) is 0 Å². The Hall–Kier alpha value is -1.55. The molecule has 5 heteroatoms. The van der Waals surface area contributed by atoms with E-state index in [1.165, 1.54) is 7.11 Å². The van der Waals surface area contributed by atoms with Gasteiger partial charge in [0.25, 0.3) is 0 Å². The second-order valence-corrected chi connectivity index (χ2v) is 3.22. The van der Waals surface area contributed by atoms with Crippen LogP contribution in [0.15, 0.2) is 18.2 Å². The van der Waals surface area contributed by atoms with Gasteiger partial charge in [0, 0.05) is 0 Å². The van der Waals surface area contributed by atoms with E-state index in [2.05, 4.69) is 9.97 Å². The molecule has 0 bridgehead atoms. The summed E-state index contributed by atoms with van der Waals surface area (Å²) in [5.74, 6) is 1.18. The number of ether oxygens (including phenoxy) is 2. The fourth-order valence-corrected chi connectivity index (χ4v) is 1.50. The number of aromatic nitrogens is 2.